The molecule has 1 aromatic carbocycles. The molecule has 2 rings (SSSR count). The first-order valence-electron chi connectivity index (χ1n) is 6.73. The predicted molar refractivity (Wildman–Crippen MR) is 76.1 cm³/mol. The first-order chi connectivity index (χ1) is 9.15. The Bertz CT molecular complexity index is 469. The van der Waals surface area contributed by atoms with E-state index in [9.17, 15) is 5.11 Å². The minimum atomic E-state index is 0.149. The van der Waals surface area contributed by atoms with Crippen LogP contribution in [-0.4, -0.2) is 48.8 Å². The summed E-state index contributed by atoms with van der Waals surface area (Å²) in [5, 5.41) is 18.5. The molecule has 0 bridgehead atoms. The second-order valence-electron chi connectivity index (χ2n) is 5.27. The fourth-order valence-corrected chi connectivity index (χ4v) is 2.59. The number of rotatable bonds is 2. The summed E-state index contributed by atoms with van der Waals surface area (Å²) in [4.78, 5) is 4.51. The van der Waals surface area contributed by atoms with Crippen LogP contribution >= 0.6 is 0 Å². The zero-order valence-corrected chi connectivity index (χ0v) is 11.6. The number of likely N-dealkylation sites (N-methyl/N-ethyl adjacent to an activating group) is 1. The number of aliphatic hydroxyl groups is 1. The third-order valence-electron chi connectivity index (χ3n) is 3.98. The molecule has 1 aromatic rings. The molecule has 2 unspecified atom stereocenters. The topological polar surface area (TPSA) is 50.5 Å². The van der Waals surface area contributed by atoms with Crippen molar-refractivity contribution in [3.63, 3.8) is 0 Å². The summed E-state index contributed by atoms with van der Waals surface area (Å²) in [6.45, 7) is 4.15. The summed E-state index contributed by atoms with van der Waals surface area (Å²) in [7, 11) is 2.06. The highest BCUT2D eigenvalue weighted by atomic mass is 16.3. The molecule has 1 aliphatic heterocycles. The van der Waals surface area contributed by atoms with Crippen LogP contribution in [-0.2, 0) is 0 Å². The number of nitriles is 1. The van der Waals surface area contributed by atoms with Gasteiger partial charge in [0, 0.05) is 30.9 Å². The number of nitrogens with zero attached hydrogens (tertiary/aromatic N) is 3. The van der Waals surface area contributed by atoms with Crippen LogP contribution in [0.4, 0.5) is 5.69 Å². The maximum atomic E-state index is 9.52. The van der Waals surface area contributed by atoms with Crippen LogP contribution < -0.4 is 4.90 Å². The first kappa shape index (κ1) is 13.9. The quantitative estimate of drug-likeness (QED) is 0.873. The van der Waals surface area contributed by atoms with E-state index in [2.05, 4.69) is 29.8 Å². The van der Waals surface area contributed by atoms with Gasteiger partial charge in [-0.05, 0) is 38.6 Å². The molecule has 102 valence electrons. The molecule has 1 saturated heterocycles. The second-order valence-corrected chi connectivity index (χ2v) is 5.27. The van der Waals surface area contributed by atoms with Crippen LogP contribution in [0.5, 0.6) is 0 Å². The van der Waals surface area contributed by atoms with Gasteiger partial charge in [0.2, 0.25) is 0 Å². The lowest BCUT2D eigenvalue weighted by atomic mass is 10.1. The van der Waals surface area contributed by atoms with Crippen LogP contribution in [0.1, 0.15) is 18.9 Å². The van der Waals surface area contributed by atoms with Gasteiger partial charge in [-0.1, -0.05) is 6.07 Å². The van der Waals surface area contributed by atoms with Crippen molar-refractivity contribution < 1.29 is 5.11 Å². The van der Waals surface area contributed by atoms with Gasteiger partial charge >= 0.3 is 0 Å². The Kier molecular flexibility index (Phi) is 4.41. The number of hydrogen-bond acceptors (Lipinski definition) is 4. The van der Waals surface area contributed by atoms with E-state index in [-0.39, 0.29) is 12.6 Å². The molecule has 0 aliphatic carbocycles. The third-order valence-corrected chi connectivity index (χ3v) is 3.98. The highest BCUT2D eigenvalue weighted by Gasteiger charge is 2.26. The fraction of sp³-hybridized carbons (Fsp3) is 0.533. The average Bonchev–Trinajstić information content (AvgIpc) is 2.59. The maximum Gasteiger partial charge on any atom is 0.0992 e. The summed E-state index contributed by atoms with van der Waals surface area (Å²) in [6.07, 6.45) is 1.06. The molecule has 2 atom stereocenters. The second kappa shape index (κ2) is 6.05. The van der Waals surface area contributed by atoms with Crippen LogP contribution in [0, 0.1) is 11.3 Å². The number of anilines is 1. The van der Waals surface area contributed by atoms with Crippen molar-refractivity contribution in [2.75, 3.05) is 31.6 Å². The molecule has 4 nitrogen and oxygen atoms in total. The average molecular weight is 259 g/mol. The van der Waals surface area contributed by atoms with E-state index in [4.69, 9.17) is 5.26 Å². The molecule has 1 heterocycles. The van der Waals surface area contributed by atoms with Gasteiger partial charge in [0.15, 0.2) is 0 Å². The normalized spacial score (nSPS) is 24.8. The SMILES string of the molecule is CC1CCN(C)C(CO)CN1c1cccc(C#N)c1. The summed E-state index contributed by atoms with van der Waals surface area (Å²) in [5.41, 5.74) is 1.75. The van der Waals surface area contributed by atoms with Crippen molar-refractivity contribution in [2.45, 2.75) is 25.4 Å². The van der Waals surface area contributed by atoms with Crippen molar-refractivity contribution in [3.05, 3.63) is 29.8 Å². The molecule has 0 aromatic heterocycles. The summed E-state index contributed by atoms with van der Waals surface area (Å²) >= 11 is 0. The van der Waals surface area contributed by atoms with E-state index in [0.717, 1.165) is 25.2 Å². The first-order valence-corrected chi connectivity index (χ1v) is 6.73. The molecular weight excluding hydrogens is 238 g/mol. The number of hydrogen-bond donors (Lipinski definition) is 1. The van der Waals surface area contributed by atoms with E-state index < -0.39 is 0 Å². The monoisotopic (exact) mass is 259 g/mol. The lowest BCUT2D eigenvalue weighted by Gasteiger charge is -2.32. The van der Waals surface area contributed by atoms with Gasteiger partial charge in [0.25, 0.3) is 0 Å². The van der Waals surface area contributed by atoms with Crippen LogP contribution in [0.2, 0.25) is 0 Å². The third kappa shape index (κ3) is 3.06. The Labute approximate surface area is 114 Å². The zero-order valence-electron chi connectivity index (χ0n) is 11.6. The van der Waals surface area contributed by atoms with Crippen molar-refractivity contribution in [1.29, 1.82) is 5.26 Å². The Morgan fingerprint density at radius 2 is 2.26 bits per heavy atom. The molecule has 1 aliphatic rings. The Hall–Kier alpha value is -1.57. The Morgan fingerprint density at radius 3 is 2.95 bits per heavy atom. The number of aliphatic hydroxyl groups excluding tert-OH is 1. The number of benzene rings is 1. The van der Waals surface area contributed by atoms with Crippen molar-refractivity contribution >= 4 is 5.69 Å². The Balaban J connectivity index is 2.27. The largest absolute Gasteiger partial charge is 0.395 e. The van der Waals surface area contributed by atoms with Crippen LogP contribution in [0.3, 0.4) is 0 Å². The van der Waals surface area contributed by atoms with Gasteiger partial charge < -0.3 is 10.0 Å². The van der Waals surface area contributed by atoms with Gasteiger partial charge in [-0.15, -0.1) is 0 Å². The van der Waals surface area contributed by atoms with Gasteiger partial charge in [0.05, 0.1) is 18.2 Å². The van der Waals surface area contributed by atoms with Crippen molar-refractivity contribution in [3.8, 4) is 6.07 Å². The van der Waals surface area contributed by atoms with E-state index in [1.54, 1.807) is 0 Å². The van der Waals surface area contributed by atoms with Gasteiger partial charge in [0.1, 0.15) is 0 Å². The molecular formula is C15H21N3O. The predicted octanol–water partition coefficient (Wildman–Crippen LogP) is 1.45. The molecule has 1 N–H and O–H groups in total. The lowest BCUT2D eigenvalue weighted by molar-refractivity contribution is 0.159. The van der Waals surface area contributed by atoms with Crippen molar-refractivity contribution in [2.24, 2.45) is 0 Å². The standard InChI is InChI=1S/C15H21N3O/c1-12-6-7-17(2)15(11-19)10-18(12)14-5-3-4-13(8-14)9-16/h3-5,8,12,15,19H,6-7,10-11H2,1-2H3. The molecule has 19 heavy (non-hydrogen) atoms. The zero-order chi connectivity index (χ0) is 13.8. The molecule has 4 heteroatoms. The summed E-state index contributed by atoms with van der Waals surface area (Å²) < 4.78 is 0. The highest BCUT2D eigenvalue weighted by Crippen LogP contribution is 2.23. The van der Waals surface area contributed by atoms with Gasteiger partial charge in [-0.25, -0.2) is 0 Å². The van der Waals surface area contributed by atoms with Gasteiger partial charge in [-0.3, -0.25) is 4.90 Å². The van der Waals surface area contributed by atoms with Gasteiger partial charge in [-0.2, -0.15) is 5.26 Å². The molecule has 0 radical (unpaired) electrons. The van der Waals surface area contributed by atoms with Crippen LogP contribution in [0.25, 0.3) is 0 Å². The summed E-state index contributed by atoms with van der Waals surface area (Å²) in [5.74, 6) is 0. The van der Waals surface area contributed by atoms with Crippen LogP contribution in [0.15, 0.2) is 24.3 Å². The molecule has 0 spiro atoms. The van der Waals surface area contributed by atoms with E-state index >= 15 is 0 Å². The molecule has 0 amide bonds. The minimum absolute atomic E-state index is 0.149. The summed E-state index contributed by atoms with van der Waals surface area (Å²) in [6, 6.07) is 10.4. The smallest absolute Gasteiger partial charge is 0.0992 e. The van der Waals surface area contributed by atoms with E-state index in [1.165, 1.54) is 0 Å². The van der Waals surface area contributed by atoms with E-state index in [0.29, 0.717) is 11.6 Å². The lowest BCUT2D eigenvalue weighted by Crippen LogP contribution is -2.43. The maximum absolute atomic E-state index is 9.52. The van der Waals surface area contributed by atoms with Crippen molar-refractivity contribution in [1.82, 2.24) is 4.90 Å². The molecule has 0 saturated carbocycles. The molecule has 1 fully saturated rings. The van der Waals surface area contributed by atoms with E-state index in [1.807, 2.05) is 24.3 Å². The highest BCUT2D eigenvalue weighted by molar-refractivity contribution is 5.52. The fourth-order valence-electron chi connectivity index (χ4n) is 2.59. The minimum Gasteiger partial charge on any atom is -0.395 e. The Morgan fingerprint density at radius 1 is 1.47 bits per heavy atom.